The van der Waals surface area contributed by atoms with Gasteiger partial charge < -0.3 is 10.1 Å². The lowest BCUT2D eigenvalue weighted by Gasteiger charge is -2.13. The maximum Gasteiger partial charge on any atom is 0.328 e. The number of hydrogen-bond acceptors (Lipinski definition) is 3. The molecular weight excluding hydrogens is 242 g/mol. The third-order valence-electron chi connectivity index (χ3n) is 3.35. The number of allylic oxidation sites excluding steroid dienone is 2. The predicted molar refractivity (Wildman–Crippen MR) is 74.6 cm³/mol. The zero-order valence-electron chi connectivity index (χ0n) is 12.2. The molecule has 19 heavy (non-hydrogen) atoms. The van der Waals surface area contributed by atoms with Crippen LogP contribution in [0.1, 0.15) is 52.9 Å². The minimum absolute atomic E-state index is 0.0583. The van der Waals surface area contributed by atoms with E-state index in [1.807, 2.05) is 0 Å². The number of esters is 1. The van der Waals surface area contributed by atoms with Crippen LogP contribution in [-0.2, 0) is 14.3 Å². The fourth-order valence-corrected chi connectivity index (χ4v) is 2.05. The van der Waals surface area contributed by atoms with Crippen molar-refractivity contribution in [2.24, 2.45) is 5.92 Å². The topological polar surface area (TPSA) is 55.4 Å². The SMILES string of the molecule is CC(C)=CCCC(C)CCOC(=O)[C@H]1CCC(=O)N1. The van der Waals surface area contributed by atoms with Crippen molar-refractivity contribution >= 4 is 11.9 Å². The van der Waals surface area contributed by atoms with Gasteiger partial charge in [0.05, 0.1) is 6.61 Å². The third kappa shape index (κ3) is 6.41. The molecule has 0 radical (unpaired) electrons. The second-order valence-electron chi connectivity index (χ2n) is 5.58. The van der Waals surface area contributed by atoms with Crippen LogP contribution in [0, 0.1) is 5.92 Å². The van der Waals surface area contributed by atoms with Gasteiger partial charge in [-0.3, -0.25) is 4.79 Å². The Balaban J connectivity index is 2.10. The minimum atomic E-state index is -0.423. The van der Waals surface area contributed by atoms with Gasteiger partial charge in [0.1, 0.15) is 6.04 Å². The number of nitrogens with one attached hydrogen (secondary N) is 1. The summed E-state index contributed by atoms with van der Waals surface area (Å²) >= 11 is 0. The highest BCUT2D eigenvalue weighted by Crippen LogP contribution is 2.13. The Hall–Kier alpha value is -1.32. The molecule has 1 aliphatic rings. The van der Waals surface area contributed by atoms with Crippen LogP contribution in [0.25, 0.3) is 0 Å². The first-order valence-electron chi connectivity index (χ1n) is 7.08. The van der Waals surface area contributed by atoms with Crippen LogP contribution in [0.2, 0.25) is 0 Å². The summed E-state index contributed by atoms with van der Waals surface area (Å²) in [6.45, 7) is 6.82. The molecule has 108 valence electrons. The van der Waals surface area contributed by atoms with Crippen molar-refractivity contribution in [3.05, 3.63) is 11.6 Å². The van der Waals surface area contributed by atoms with Crippen molar-refractivity contribution in [1.29, 1.82) is 0 Å². The van der Waals surface area contributed by atoms with Crippen molar-refractivity contribution in [2.45, 2.75) is 58.9 Å². The van der Waals surface area contributed by atoms with Gasteiger partial charge in [-0.05, 0) is 45.4 Å². The minimum Gasteiger partial charge on any atom is -0.464 e. The quantitative estimate of drug-likeness (QED) is 0.570. The van der Waals surface area contributed by atoms with Crippen LogP contribution in [-0.4, -0.2) is 24.5 Å². The van der Waals surface area contributed by atoms with E-state index in [1.165, 1.54) is 5.57 Å². The Bertz CT molecular complexity index is 345. The van der Waals surface area contributed by atoms with Crippen LogP contribution in [0.5, 0.6) is 0 Å². The standard InChI is InChI=1S/C15H25NO3/c1-11(2)5-4-6-12(3)9-10-19-15(18)13-7-8-14(17)16-13/h5,12-13H,4,6-10H2,1-3H3,(H,16,17)/t12?,13-/m1/s1. The highest BCUT2D eigenvalue weighted by molar-refractivity contribution is 5.87. The van der Waals surface area contributed by atoms with Crippen molar-refractivity contribution in [1.82, 2.24) is 5.32 Å². The molecule has 2 atom stereocenters. The fourth-order valence-electron chi connectivity index (χ4n) is 2.05. The Morgan fingerprint density at radius 2 is 2.21 bits per heavy atom. The zero-order chi connectivity index (χ0) is 14.3. The van der Waals surface area contributed by atoms with Gasteiger partial charge in [0.25, 0.3) is 0 Å². The zero-order valence-corrected chi connectivity index (χ0v) is 12.2. The lowest BCUT2D eigenvalue weighted by atomic mass is 10.0. The van der Waals surface area contributed by atoms with E-state index < -0.39 is 6.04 Å². The summed E-state index contributed by atoms with van der Waals surface area (Å²) in [5.74, 6) is 0.195. The van der Waals surface area contributed by atoms with Gasteiger partial charge in [-0.25, -0.2) is 4.79 Å². The lowest BCUT2D eigenvalue weighted by molar-refractivity contribution is -0.146. The summed E-state index contributed by atoms with van der Waals surface area (Å²) in [5, 5.41) is 2.62. The first-order chi connectivity index (χ1) is 8.99. The first kappa shape index (κ1) is 15.7. The molecule has 1 rings (SSSR count). The first-order valence-corrected chi connectivity index (χ1v) is 7.08. The van der Waals surface area contributed by atoms with Gasteiger partial charge in [0, 0.05) is 6.42 Å². The maximum atomic E-state index is 11.6. The normalized spacial score (nSPS) is 19.7. The van der Waals surface area contributed by atoms with Crippen LogP contribution < -0.4 is 5.32 Å². The van der Waals surface area contributed by atoms with E-state index in [9.17, 15) is 9.59 Å². The Labute approximate surface area is 115 Å². The Kier molecular flexibility index (Phi) is 6.60. The lowest BCUT2D eigenvalue weighted by Crippen LogP contribution is -2.34. The summed E-state index contributed by atoms with van der Waals surface area (Å²) in [6, 6.07) is -0.423. The molecule has 1 amide bonds. The molecule has 1 unspecified atom stereocenters. The van der Waals surface area contributed by atoms with Crippen LogP contribution in [0.15, 0.2) is 11.6 Å². The van der Waals surface area contributed by atoms with Gasteiger partial charge in [0.2, 0.25) is 5.91 Å². The van der Waals surface area contributed by atoms with Gasteiger partial charge in [-0.1, -0.05) is 18.6 Å². The molecule has 1 fully saturated rings. The predicted octanol–water partition coefficient (Wildman–Crippen LogP) is 2.58. The van der Waals surface area contributed by atoms with E-state index in [4.69, 9.17) is 4.74 Å². The smallest absolute Gasteiger partial charge is 0.328 e. The van der Waals surface area contributed by atoms with Gasteiger partial charge in [-0.15, -0.1) is 0 Å². The molecule has 0 spiro atoms. The molecule has 0 aromatic rings. The molecule has 0 aliphatic carbocycles. The summed E-state index contributed by atoms with van der Waals surface area (Å²) in [4.78, 5) is 22.6. The van der Waals surface area contributed by atoms with E-state index in [1.54, 1.807) is 0 Å². The molecule has 1 N–H and O–H groups in total. The average Bonchev–Trinajstić information content (AvgIpc) is 2.75. The van der Waals surface area contributed by atoms with E-state index in [2.05, 4.69) is 32.2 Å². The highest BCUT2D eigenvalue weighted by Gasteiger charge is 2.28. The van der Waals surface area contributed by atoms with E-state index in [0.29, 0.717) is 25.4 Å². The van der Waals surface area contributed by atoms with Crippen LogP contribution >= 0.6 is 0 Å². The summed E-state index contributed by atoms with van der Waals surface area (Å²) in [7, 11) is 0. The third-order valence-corrected chi connectivity index (χ3v) is 3.35. The Morgan fingerprint density at radius 3 is 2.79 bits per heavy atom. The summed E-state index contributed by atoms with van der Waals surface area (Å²) < 4.78 is 5.20. The fraction of sp³-hybridized carbons (Fsp3) is 0.733. The second kappa shape index (κ2) is 7.97. The van der Waals surface area contributed by atoms with Crippen molar-refractivity contribution < 1.29 is 14.3 Å². The monoisotopic (exact) mass is 267 g/mol. The van der Waals surface area contributed by atoms with E-state index in [0.717, 1.165) is 19.3 Å². The Morgan fingerprint density at radius 1 is 1.47 bits per heavy atom. The maximum absolute atomic E-state index is 11.6. The van der Waals surface area contributed by atoms with Crippen LogP contribution in [0.3, 0.4) is 0 Å². The van der Waals surface area contributed by atoms with E-state index in [-0.39, 0.29) is 11.9 Å². The van der Waals surface area contributed by atoms with Gasteiger partial charge in [0.15, 0.2) is 0 Å². The second-order valence-corrected chi connectivity index (χ2v) is 5.58. The highest BCUT2D eigenvalue weighted by atomic mass is 16.5. The number of rotatable bonds is 7. The molecule has 0 bridgehead atoms. The molecular formula is C15H25NO3. The molecule has 4 heteroatoms. The van der Waals surface area contributed by atoms with Gasteiger partial charge in [-0.2, -0.15) is 0 Å². The molecule has 1 saturated heterocycles. The molecule has 0 saturated carbocycles. The number of ether oxygens (including phenoxy) is 1. The molecule has 1 aliphatic heterocycles. The van der Waals surface area contributed by atoms with Crippen LogP contribution in [0.4, 0.5) is 0 Å². The average molecular weight is 267 g/mol. The summed E-state index contributed by atoms with van der Waals surface area (Å²) in [5.41, 5.74) is 1.34. The van der Waals surface area contributed by atoms with Crippen molar-refractivity contribution in [3.63, 3.8) is 0 Å². The molecule has 0 aromatic carbocycles. The molecule has 4 nitrogen and oxygen atoms in total. The number of hydrogen-bond donors (Lipinski definition) is 1. The van der Waals surface area contributed by atoms with E-state index >= 15 is 0 Å². The summed E-state index contributed by atoms with van der Waals surface area (Å²) in [6.07, 6.45) is 6.30. The molecule has 0 aromatic heterocycles. The van der Waals surface area contributed by atoms with Crippen molar-refractivity contribution in [3.8, 4) is 0 Å². The van der Waals surface area contributed by atoms with Gasteiger partial charge >= 0.3 is 5.97 Å². The largest absolute Gasteiger partial charge is 0.464 e. The number of carbonyl (C=O) groups excluding carboxylic acids is 2. The number of carbonyl (C=O) groups is 2. The van der Waals surface area contributed by atoms with Crippen molar-refractivity contribution in [2.75, 3.05) is 6.61 Å². The number of amides is 1. The molecule has 1 heterocycles.